The van der Waals surface area contributed by atoms with E-state index in [1.54, 1.807) is 21.2 Å². The van der Waals surface area contributed by atoms with Crippen LogP contribution in [0.4, 0.5) is 0 Å². The first-order valence-corrected chi connectivity index (χ1v) is 7.18. The van der Waals surface area contributed by atoms with Gasteiger partial charge in [0.25, 0.3) is 10.2 Å². The maximum Gasteiger partial charge on any atom is 0.281 e. The van der Waals surface area contributed by atoms with Gasteiger partial charge in [0.1, 0.15) is 5.75 Å². The predicted molar refractivity (Wildman–Crippen MR) is 69.7 cm³/mol. The van der Waals surface area contributed by atoms with E-state index in [1.807, 2.05) is 18.2 Å². The summed E-state index contributed by atoms with van der Waals surface area (Å²) in [7, 11) is 1.42. The second-order valence-corrected chi connectivity index (χ2v) is 6.65. The molecule has 0 spiro atoms. The minimum atomic E-state index is -3.32. The number of methoxy groups -OCH3 is 1. The second kappa shape index (κ2) is 4.87. The summed E-state index contributed by atoms with van der Waals surface area (Å²) in [5.41, 5.74) is 2.21. The highest BCUT2D eigenvalue weighted by Crippen LogP contribution is 2.25. The van der Waals surface area contributed by atoms with E-state index in [1.165, 1.54) is 14.2 Å². The van der Waals surface area contributed by atoms with E-state index in [4.69, 9.17) is 4.74 Å². The van der Waals surface area contributed by atoms with Gasteiger partial charge in [-0.1, -0.05) is 6.07 Å². The van der Waals surface area contributed by atoms with Crippen LogP contribution in [0.25, 0.3) is 0 Å². The van der Waals surface area contributed by atoms with Crippen LogP contribution in [-0.2, 0) is 23.2 Å². The summed E-state index contributed by atoms with van der Waals surface area (Å²) >= 11 is 0. The van der Waals surface area contributed by atoms with Crippen LogP contribution in [0.5, 0.6) is 5.75 Å². The third-order valence-electron chi connectivity index (χ3n) is 3.18. The van der Waals surface area contributed by atoms with Gasteiger partial charge in [-0.25, -0.2) is 0 Å². The molecule has 0 saturated carbocycles. The molecule has 0 bridgehead atoms. The zero-order valence-electron chi connectivity index (χ0n) is 10.9. The molecular formula is C12H18N2O3S. The molecule has 0 radical (unpaired) electrons. The van der Waals surface area contributed by atoms with E-state index < -0.39 is 10.2 Å². The third kappa shape index (κ3) is 2.36. The SMILES string of the molecule is COc1ccc2c(c1)CCN(S(=O)(=O)N(C)C)C2. The molecule has 0 saturated heterocycles. The minimum Gasteiger partial charge on any atom is -0.497 e. The van der Waals surface area contributed by atoms with Gasteiger partial charge in [-0.3, -0.25) is 0 Å². The van der Waals surface area contributed by atoms with Crippen LogP contribution in [0.3, 0.4) is 0 Å². The highest BCUT2D eigenvalue weighted by Gasteiger charge is 2.28. The van der Waals surface area contributed by atoms with Crippen LogP contribution in [0.2, 0.25) is 0 Å². The molecule has 0 amide bonds. The monoisotopic (exact) mass is 270 g/mol. The topological polar surface area (TPSA) is 49.9 Å². The number of fused-ring (bicyclic) bond motifs is 1. The summed E-state index contributed by atoms with van der Waals surface area (Å²) in [5.74, 6) is 0.817. The highest BCUT2D eigenvalue weighted by atomic mass is 32.2. The van der Waals surface area contributed by atoms with Crippen molar-refractivity contribution < 1.29 is 13.2 Å². The van der Waals surface area contributed by atoms with Gasteiger partial charge < -0.3 is 4.74 Å². The third-order valence-corrected chi connectivity index (χ3v) is 5.07. The summed E-state index contributed by atoms with van der Waals surface area (Å²) in [6, 6.07) is 5.78. The van der Waals surface area contributed by atoms with Crippen LogP contribution < -0.4 is 4.74 Å². The molecule has 2 rings (SSSR count). The number of hydrogen-bond donors (Lipinski definition) is 0. The standard InChI is InChI=1S/C12H18N2O3S/c1-13(2)18(15,16)14-7-6-10-8-12(17-3)5-4-11(10)9-14/h4-5,8H,6-7,9H2,1-3H3. The summed E-state index contributed by atoms with van der Waals surface area (Å²) in [6.07, 6.45) is 0.722. The first-order valence-electron chi connectivity index (χ1n) is 5.78. The van der Waals surface area contributed by atoms with Crippen molar-refractivity contribution in [1.82, 2.24) is 8.61 Å². The van der Waals surface area contributed by atoms with E-state index in [-0.39, 0.29) is 0 Å². The smallest absolute Gasteiger partial charge is 0.281 e. The number of rotatable bonds is 3. The van der Waals surface area contributed by atoms with Crippen LogP contribution in [-0.4, -0.2) is 44.8 Å². The van der Waals surface area contributed by atoms with Crippen molar-refractivity contribution in [3.05, 3.63) is 29.3 Å². The fraction of sp³-hybridized carbons (Fsp3) is 0.500. The summed E-state index contributed by atoms with van der Waals surface area (Å²) in [5, 5.41) is 0. The fourth-order valence-electron chi connectivity index (χ4n) is 2.06. The average Bonchev–Trinajstić information content (AvgIpc) is 2.37. The van der Waals surface area contributed by atoms with Gasteiger partial charge in [0.2, 0.25) is 0 Å². The van der Waals surface area contributed by atoms with Crippen LogP contribution >= 0.6 is 0 Å². The number of nitrogens with zero attached hydrogens (tertiary/aromatic N) is 2. The predicted octanol–water partition coefficient (Wildman–Crippen LogP) is 0.860. The Labute approximate surface area is 108 Å². The first kappa shape index (κ1) is 13.3. The summed E-state index contributed by atoms with van der Waals surface area (Å²) < 4.78 is 32.0. The Morgan fingerprint density at radius 3 is 2.61 bits per heavy atom. The van der Waals surface area contributed by atoms with Gasteiger partial charge in [-0.15, -0.1) is 0 Å². The minimum absolute atomic E-state index is 0.430. The van der Waals surface area contributed by atoms with Crippen LogP contribution in [0.1, 0.15) is 11.1 Å². The van der Waals surface area contributed by atoms with Crippen molar-refractivity contribution in [2.24, 2.45) is 0 Å². The lowest BCUT2D eigenvalue weighted by Crippen LogP contribution is -2.42. The Bertz CT molecular complexity index is 540. The molecule has 18 heavy (non-hydrogen) atoms. The Balaban J connectivity index is 2.26. The molecule has 0 fully saturated rings. The van der Waals surface area contributed by atoms with Crippen molar-refractivity contribution in [2.45, 2.75) is 13.0 Å². The Hall–Kier alpha value is -1.11. The maximum atomic E-state index is 12.0. The maximum absolute atomic E-state index is 12.0. The van der Waals surface area contributed by atoms with Gasteiger partial charge in [-0.05, 0) is 29.7 Å². The van der Waals surface area contributed by atoms with E-state index >= 15 is 0 Å². The van der Waals surface area contributed by atoms with Crippen molar-refractivity contribution >= 4 is 10.2 Å². The number of ether oxygens (including phenoxy) is 1. The van der Waals surface area contributed by atoms with E-state index in [2.05, 4.69) is 0 Å². The van der Waals surface area contributed by atoms with Gasteiger partial charge in [-0.2, -0.15) is 17.0 Å². The molecule has 100 valence electrons. The van der Waals surface area contributed by atoms with Crippen LogP contribution in [0, 0.1) is 0 Å². The Kier molecular flexibility index (Phi) is 3.61. The normalized spacial score (nSPS) is 16.7. The zero-order chi connectivity index (χ0) is 13.3. The largest absolute Gasteiger partial charge is 0.497 e. The molecule has 1 aliphatic heterocycles. The second-order valence-electron chi connectivity index (χ2n) is 4.51. The molecule has 1 aromatic carbocycles. The highest BCUT2D eigenvalue weighted by molar-refractivity contribution is 7.86. The van der Waals surface area contributed by atoms with Gasteiger partial charge >= 0.3 is 0 Å². The Morgan fingerprint density at radius 1 is 1.28 bits per heavy atom. The number of hydrogen-bond acceptors (Lipinski definition) is 3. The average molecular weight is 270 g/mol. The van der Waals surface area contributed by atoms with Crippen LogP contribution in [0.15, 0.2) is 18.2 Å². The molecule has 0 atom stereocenters. The molecule has 0 aliphatic carbocycles. The lowest BCUT2D eigenvalue weighted by Gasteiger charge is -2.30. The summed E-state index contributed by atoms with van der Waals surface area (Å²) in [4.78, 5) is 0. The van der Waals surface area contributed by atoms with Crippen molar-refractivity contribution in [1.29, 1.82) is 0 Å². The van der Waals surface area contributed by atoms with Gasteiger partial charge in [0.15, 0.2) is 0 Å². The molecular weight excluding hydrogens is 252 g/mol. The molecule has 0 aromatic heterocycles. The van der Waals surface area contributed by atoms with E-state index in [9.17, 15) is 8.42 Å². The molecule has 6 heteroatoms. The van der Waals surface area contributed by atoms with Crippen molar-refractivity contribution in [2.75, 3.05) is 27.7 Å². The molecule has 5 nitrogen and oxygen atoms in total. The molecule has 0 N–H and O–H groups in total. The quantitative estimate of drug-likeness (QED) is 0.818. The summed E-state index contributed by atoms with van der Waals surface area (Å²) in [6.45, 7) is 0.945. The molecule has 1 aromatic rings. The van der Waals surface area contributed by atoms with Gasteiger partial charge in [0.05, 0.1) is 7.11 Å². The van der Waals surface area contributed by atoms with Crippen molar-refractivity contribution in [3.8, 4) is 5.75 Å². The van der Waals surface area contributed by atoms with E-state index in [0.29, 0.717) is 13.1 Å². The van der Waals surface area contributed by atoms with E-state index in [0.717, 1.165) is 17.7 Å². The molecule has 1 aliphatic rings. The number of benzene rings is 1. The fourth-order valence-corrected chi connectivity index (χ4v) is 3.14. The van der Waals surface area contributed by atoms with Gasteiger partial charge in [0, 0.05) is 27.2 Å². The lowest BCUT2D eigenvalue weighted by atomic mass is 10.0. The zero-order valence-corrected chi connectivity index (χ0v) is 11.7. The lowest BCUT2D eigenvalue weighted by molar-refractivity contribution is 0.357. The Morgan fingerprint density at radius 2 is 2.00 bits per heavy atom. The van der Waals surface area contributed by atoms with Crippen molar-refractivity contribution in [3.63, 3.8) is 0 Å². The first-order chi connectivity index (χ1) is 8.45. The molecule has 0 unspecified atom stereocenters. The molecule has 1 heterocycles.